The zero-order chi connectivity index (χ0) is 20.5. The van der Waals surface area contributed by atoms with Gasteiger partial charge in [-0.25, -0.2) is 13.6 Å². The first-order valence-electron chi connectivity index (χ1n) is 8.00. The summed E-state index contributed by atoms with van der Waals surface area (Å²) in [4.78, 5) is 14.1. The molecule has 0 saturated carbocycles. The van der Waals surface area contributed by atoms with Crippen LogP contribution in [0.5, 0.6) is 0 Å². The fourth-order valence-electron chi connectivity index (χ4n) is 2.46. The van der Waals surface area contributed by atoms with E-state index in [1.165, 1.54) is 17.0 Å². The quantitative estimate of drug-likeness (QED) is 0.349. The van der Waals surface area contributed by atoms with Crippen LogP contribution in [0.15, 0.2) is 50.6 Å². The molecule has 2 aromatic rings. The Bertz CT molecular complexity index is 1040. The Kier molecular flexibility index (Phi) is 6.03. The Labute approximate surface area is 170 Å². The summed E-state index contributed by atoms with van der Waals surface area (Å²) < 4.78 is 28.7. The van der Waals surface area contributed by atoms with E-state index in [2.05, 4.69) is 0 Å². The number of nitrogens with two attached hydrogens (primary N) is 1. The predicted molar refractivity (Wildman–Crippen MR) is 108 cm³/mol. The van der Waals surface area contributed by atoms with Crippen LogP contribution in [0, 0.1) is 0 Å². The third-order valence-electron chi connectivity index (χ3n) is 3.85. The molecule has 1 saturated heterocycles. The van der Waals surface area contributed by atoms with Crippen LogP contribution in [0.25, 0.3) is 17.4 Å². The van der Waals surface area contributed by atoms with E-state index in [1.54, 1.807) is 30.3 Å². The fraction of sp³-hybridized carbons (Fsp3) is 0.176. The van der Waals surface area contributed by atoms with Gasteiger partial charge in [-0.1, -0.05) is 24.0 Å². The highest BCUT2D eigenvalue weighted by Crippen LogP contribution is 2.33. The second-order valence-electron chi connectivity index (χ2n) is 5.87. The number of hydrogen-bond donors (Lipinski definition) is 3. The molecule has 4 N–H and O–H groups in total. The number of hydrogen-bond acceptors (Lipinski definition) is 8. The first-order chi connectivity index (χ1) is 13.1. The molecule has 2 heterocycles. The van der Waals surface area contributed by atoms with Gasteiger partial charge in [0, 0.05) is 24.6 Å². The monoisotopic (exact) mass is 440 g/mol. The first-order valence-corrected chi connectivity index (χ1v) is 10.8. The maximum atomic E-state index is 12.4. The fourth-order valence-corrected chi connectivity index (χ4v) is 4.27. The zero-order valence-corrected chi connectivity index (χ0v) is 16.8. The summed E-state index contributed by atoms with van der Waals surface area (Å²) in [6, 6.07) is 9.28. The third-order valence-corrected chi connectivity index (χ3v) is 6.16. The van der Waals surface area contributed by atoms with Crippen molar-refractivity contribution < 1.29 is 27.8 Å². The first kappa shape index (κ1) is 20.7. The molecular formula is C17H16N2O6S3. The molecule has 0 bridgehead atoms. The highest BCUT2D eigenvalue weighted by molar-refractivity contribution is 8.26. The number of rotatable bonds is 6. The van der Waals surface area contributed by atoms with Crippen molar-refractivity contribution in [3.8, 4) is 11.3 Å². The number of aliphatic hydroxyl groups excluding tert-OH is 1. The summed E-state index contributed by atoms with van der Waals surface area (Å²) >= 11 is 6.26. The summed E-state index contributed by atoms with van der Waals surface area (Å²) in [6.45, 7) is 0.111. The average Bonchev–Trinajstić information content (AvgIpc) is 3.18. The number of benzene rings is 1. The number of amides is 1. The Morgan fingerprint density at radius 1 is 1.21 bits per heavy atom. The van der Waals surface area contributed by atoms with Gasteiger partial charge in [0.15, 0.2) is 6.29 Å². The van der Waals surface area contributed by atoms with Gasteiger partial charge in [0.2, 0.25) is 10.0 Å². The number of thiocarbonyl (C=S) groups is 1. The maximum Gasteiger partial charge on any atom is 0.266 e. The lowest BCUT2D eigenvalue weighted by molar-refractivity contribution is -0.123. The number of nitrogens with zero attached hydrogens (tertiary/aromatic N) is 1. The molecule has 0 atom stereocenters. The molecule has 1 amide bonds. The standard InChI is InChI=1S/C17H16N2O6S3/c18-28(23,24)12-4-1-10(2-5-12)13-6-3-11(25-13)9-14-16(22)19(17(26)27-14)8-7-15(20)21/h1-6,9,15,20-21H,7-8H2,(H2,18,23,24)/b14-9+. The van der Waals surface area contributed by atoms with Crippen LogP contribution in [0.3, 0.4) is 0 Å². The third kappa shape index (κ3) is 4.69. The van der Waals surface area contributed by atoms with Crippen molar-refractivity contribution in [2.24, 2.45) is 5.14 Å². The van der Waals surface area contributed by atoms with Crippen LogP contribution in [0.2, 0.25) is 0 Å². The van der Waals surface area contributed by atoms with Crippen LogP contribution in [-0.4, -0.2) is 46.6 Å². The predicted octanol–water partition coefficient (Wildman–Crippen LogP) is 1.50. The molecule has 0 aliphatic carbocycles. The molecule has 11 heteroatoms. The number of carbonyl (C=O) groups is 1. The van der Waals surface area contributed by atoms with Gasteiger partial charge in [-0.3, -0.25) is 9.69 Å². The Hall–Kier alpha value is -2.02. The lowest BCUT2D eigenvalue weighted by Crippen LogP contribution is -2.31. The molecule has 28 heavy (non-hydrogen) atoms. The number of thioether (sulfide) groups is 1. The molecule has 1 aliphatic heterocycles. The molecule has 0 spiro atoms. The van der Waals surface area contributed by atoms with Crippen molar-refractivity contribution in [2.75, 3.05) is 6.54 Å². The van der Waals surface area contributed by atoms with Gasteiger partial charge in [0.1, 0.15) is 15.8 Å². The molecule has 1 fully saturated rings. The lowest BCUT2D eigenvalue weighted by Gasteiger charge is -2.14. The van der Waals surface area contributed by atoms with Gasteiger partial charge in [-0.05, 0) is 36.4 Å². The molecule has 0 radical (unpaired) electrons. The van der Waals surface area contributed by atoms with Gasteiger partial charge in [-0.2, -0.15) is 0 Å². The van der Waals surface area contributed by atoms with E-state index in [0.29, 0.717) is 26.3 Å². The molecular weight excluding hydrogens is 424 g/mol. The van der Waals surface area contributed by atoms with Gasteiger partial charge in [0.25, 0.3) is 5.91 Å². The minimum absolute atomic E-state index is 0.000277. The van der Waals surface area contributed by atoms with Crippen molar-refractivity contribution in [2.45, 2.75) is 17.6 Å². The summed E-state index contributed by atoms with van der Waals surface area (Å²) in [5.74, 6) is 0.588. The molecule has 3 rings (SSSR count). The van der Waals surface area contributed by atoms with E-state index in [4.69, 9.17) is 32.0 Å². The maximum absolute atomic E-state index is 12.4. The normalized spacial score (nSPS) is 16.6. The summed E-state index contributed by atoms with van der Waals surface area (Å²) in [5.41, 5.74) is 0.650. The van der Waals surface area contributed by atoms with Crippen molar-refractivity contribution >= 4 is 50.3 Å². The number of aliphatic hydroxyl groups is 2. The van der Waals surface area contributed by atoms with Crippen LogP contribution < -0.4 is 5.14 Å². The van der Waals surface area contributed by atoms with Crippen molar-refractivity contribution in [3.05, 3.63) is 47.1 Å². The van der Waals surface area contributed by atoms with Crippen LogP contribution >= 0.6 is 24.0 Å². The summed E-state index contributed by atoms with van der Waals surface area (Å²) in [5, 5.41) is 23.0. The number of furan rings is 1. The van der Waals surface area contributed by atoms with Crippen molar-refractivity contribution in [1.82, 2.24) is 4.90 Å². The minimum Gasteiger partial charge on any atom is -0.457 e. The summed E-state index contributed by atoms with van der Waals surface area (Å²) in [7, 11) is -3.77. The molecule has 8 nitrogen and oxygen atoms in total. The second-order valence-corrected chi connectivity index (χ2v) is 9.11. The summed E-state index contributed by atoms with van der Waals surface area (Å²) in [6.07, 6.45) is 0.0395. The van der Waals surface area contributed by atoms with E-state index >= 15 is 0 Å². The van der Waals surface area contributed by atoms with E-state index in [1.807, 2.05) is 0 Å². The van der Waals surface area contributed by atoms with Gasteiger partial charge < -0.3 is 14.6 Å². The Morgan fingerprint density at radius 3 is 2.50 bits per heavy atom. The molecule has 0 unspecified atom stereocenters. The van der Waals surface area contributed by atoms with Gasteiger partial charge in [-0.15, -0.1) is 0 Å². The number of sulfonamides is 1. The SMILES string of the molecule is NS(=O)(=O)c1ccc(-c2ccc(/C=C3/SC(=S)N(CCC(O)O)C3=O)o2)cc1. The van der Waals surface area contributed by atoms with E-state index in [-0.39, 0.29) is 23.8 Å². The van der Waals surface area contributed by atoms with E-state index < -0.39 is 16.3 Å². The smallest absolute Gasteiger partial charge is 0.266 e. The van der Waals surface area contributed by atoms with Crippen LogP contribution in [-0.2, 0) is 14.8 Å². The number of carbonyl (C=O) groups excluding carboxylic acids is 1. The van der Waals surface area contributed by atoms with Crippen LogP contribution in [0.4, 0.5) is 0 Å². The molecule has 1 aromatic carbocycles. The van der Waals surface area contributed by atoms with E-state index in [0.717, 1.165) is 11.8 Å². The zero-order valence-electron chi connectivity index (χ0n) is 14.3. The molecule has 1 aromatic heterocycles. The van der Waals surface area contributed by atoms with Gasteiger partial charge in [0.05, 0.1) is 9.80 Å². The second kappa shape index (κ2) is 8.15. The topological polar surface area (TPSA) is 134 Å². The highest BCUT2D eigenvalue weighted by atomic mass is 32.2. The highest BCUT2D eigenvalue weighted by Gasteiger charge is 2.32. The average molecular weight is 441 g/mol. The Balaban J connectivity index is 1.77. The molecule has 148 valence electrons. The van der Waals surface area contributed by atoms with E-state index in [9.17, 15) is 13.2 Å². The Morgan fingerprint density at radius 2 is 1.89 bits per heavy atom. The van der Waals surface area contributed by atoms with Crippen molar-refractivity contribution in [1.29, 1.82) is 0 Å². The minimum atomic E-state index is -3.77. The lowest BCUT2D eigenvalue weighted by atomic mass is 10.2. The van der Waals surface area contributed by atoms with Crippen LogP contribution in [0.1, 0.15) is 12.2 Å². The van der Waals surface area contributed by atoms with Crippen molar-refractivity contribution in [3.63, 3.8) is 0 Å². The van der Waals surface area contributed by atoms with Gasteiger partial charge >= 0.3 is 0 Å². The molecule has 1 aliphatic rings. The largest absolute Gasteiger partial charge is 0.457 e. The number of primary sulfonamides is 1.